The van der Waals surface area contributed by atoms with E-state index in [1.165, 1.54) is 32.1 Å². The van der Waals surface area contributed by atoms with Crippen LogP contribution in [-0.2, 0) is 4.79 Å². The summed E-state index contributed by atoms with van der Waals surface area (Å²) in [4.78, 5) is 12.3. The van der Waals surface area contributed by atoms with Gasteiger partial charge in [-0.1, -0.05) is 13.3 Å². The number of nitrogens with one attached hydrogen (secondary N) is 1. The number of carbonyl (C=O) groups excluding carboxylic acids is 1. The van der Waals surface area contributed by atoms with Crippen molar-refractivity contribution < 1.29 is 4.79 Å². The SMILES string of the molecule is CCC1CCC(C(=O)NC(C)(CN)C2CC2)CC1.Cl. The van der Waals surface area contributed by atoms with Crippen molar-refractivity contribution in [3.63, 3.8) is 0 Å². The summed E-state index contributed by atoms with van der Waals surface area (Å²) < 4.78 is 0. The summed E-state index contributed by atoms with van der Waals surface area (Å²) in [6.07, 6.45) is 8.27. The van der Waals surface area contributed by atoms with E-state index in [2.05, 4.69) is 19.2 Å². The molecular weight excluding hydrogens is 260 g/mol. The van der Waals surface area contributed by atoms with Gasteiger partial charge in [0, 0.05) is 12.5 Å². The van der Waals surface area contributed by atoms with Gasteiger partial charge in [-0.25, -0.2) is 0 Å². The fourth-order valence-corrected chi connectivity index (χ4v) is 3.26. The summed E-state index contributed by atoms with van der Waals surface area (Å²) >= 11 is 0. The molecule has 0 aliphatic heterocycles. The Morgan fingerprint density at radius 1 is 1.21 bits per heavy atom. The lowest BCUT2D eigenvalue weighted by Crippen LogP contribution is -2.54. The Kier molecular flexibility index (Phi) is 6.13. The van der Waals surface area contributed by atoms with E-state index in [-0.39, 0.29) is 29.8 Å². The molecule has 2 saturated carbocycles. The molecule has 4 heteroatoms. The molecule has 19 heavy (non-hydrogen) atoms. The van der Waals surface area contributed by atoms with Gasteiger partial charge in [0.25, 0.3) is 0 Å². The Morgan fingerprint density at radius 3 is 2.21 bits per heavy atom. The maximum absolute atomic E-state index is 12.3. The average Bonchev–Trinajstić information content (AvgIpc) is 3.23. The van der Waals surface area contributed by atoms with Crippen LogP contribution in [0.5, 0.6) is 0 Å². The van der Waals surface area contributed by atoms with Crippen molar-refractivity contribution in [1.82, 2.24) is 5.32 Å². The lowest BCUT2D eigenvalue weighted by atomic mass is 9.80. The molecule has 0 aromatic carbocycles. The predicted octanol–water partition coefficient (Wildman–Crippen LogP) is 2.87. The Balaban J connectivity index is 0.00000180. The molecule has 0 heterocycles. The van der Waals surface area contributed by atoms with E-state index < -0.39 is 0 Å². The molecule has 0 aromatic heterocycles. The highest BCUT2D eigenvalue weighted by Gasteiger charge is 2.42. The van der Waals surface area contributed by atoms with Crippen LogP contribution < -0.4 is 11.1 Å². The van der Waals surface area contributed by atoms with Crippen LogP contribution in [0.15, 0.2) is 0 Å². The molecule has 2 fully saturated rings. The van der Waals surface area contributed by atoms with Gasteiger partial charge in [0.15, 0.2) is 0 Å². The predicted molar refractivity (Wildman–Crippen MR) is 81.3 cm³/mol. The molecule has 2 rings (SSSR count). The normalized spacial score (nSPS) is 30.1. The van der Waals surface area contributed by atoms with Crippen molar-refractivity contribution in [3.05, 3.63) is 0 Å². The summed E-state index contributed by atoms with van der Waals surface area (Å²) in [7, 11) is 0. The second-order valence-corrected chi connectivity index (χ2v) is 6.51. The van der Waals surface area contributed by atoms with Crippen molar-refractivity contribution in [2.45, 2.75) is 64.3 Å². The van der Waals surface area contributed by atoms with Crippen LogP contribution in [0, 0.1) is 17.8 Å². The van der Waals surface area contributed by atoms with E-state index in [1.54, 1.807) is 0 Å². The zero-order valence-electron chi connectivity index (χ0n) is 12.3. The Morgan fingerprint density at radius 2 is 1.79 bits per heavy atom. The van der Waals surface area contributed by atoms with E-state index in [0.29, 0.717) is 12.5 Å². The van der Waals surface area contributed by atoms with Crippen molar-refractivity contribution in [2.75, 3.05) is 6.54 Å². The third-order valence-corrected chi connectivity index (χ3v) is 5.11. The zero-order valence-corrected chi connectivity index (χ0v) is 13.1. The van der Waals surface area contributed by atoms with E-state index in [9.17, 15) is 4.79 Å². The molecule has 2 aliphatic carbocycles. The molecule has 0 aromatic rings. The standard InChI is InChI=1S/C15H28N2O.ClH/c1-3-11-4-6-12(7-5-11)14(18)17-15(2,10-16)13-8-9-13;/h11-13H,3-10,16H2,1-2H3,(H,17,18);1H. The van der Waals surface area contributed by atoms with Crippen LogP contribution in [0.1, 0.15) is 58.8 Å². The van der Waals surface area contributed by atoms with Crippen LogP contribution >= 0.6 is 12.4 Å². The topological polar surface area (TPSA) is 55.1 Å². The minimum Gasteiger partial charge on any atom is -0.349 e. The largest absolute Gasteiger partial charge is 0.349 e. The fourth-order valence-electron chi connectivity index (χ4n) is 3.26. The van der Waals surface area contributed by atoms with Crippen LogP contribution in [0.25, 0.3) is 0 Å². The zero-order chi connectivity index (χ0) is 13.2. The van der Waals surface area contributed by atoms with Gasteiger partial charge in [-0.05, 0) is 57.3 Å². The summed E-state index contributed by atoms with van der Waals surface area (Å²) in [6.45, 7) is 4.93. The van der Waals surface area contributed by atoms with Gasteiger partial charge in [0.05, 0.1) is 5.54 Å². The second kappa shape index (κ2) is 6.94. The van der Waals surface area contributed by atoms with Crippen molar-refractivity contribution in [3.8, 4) is 0 Å². The first-order valence-electron chi connectivity index (χ1n) is 7.61. The summed E-state index contributed by atoms with van der Waals surface area (Å²) in [6, 6.07) is 0. The number of amides is 1. The first-order chi connectivity index (χ1) is 8.59. The van der Waals surface area contributed by atoms with Crippen LogP contribution in [0.4, 0.5) is 0 Å². The molecule has 0 bridgehead atoms. The minimum atomic E-state index is -0.154. The first-order valence-corrected chi connectivity index (χ1v) is 7.61. The van der Waals surface area contributed by atoms with Crippen LogP contribution in [-0.4, -0.2) is 18.0 Å². The van der Waals surface area contributed by atoms with Gasteiger partial charge in [0.1, 0.15) is 0 Å². The van der Waals surface area contributed by atoms with Crippen molar-refractivity contribution in [1.29, 1.82) is 0 Å². The van der Waals surface area contributed by atoms with E-state index in [0.717, 1.165) is 18.8 Å². The van der Waals surface area contributed by atoms with E-state index >= 15 is 0 Å². The lowest BCUT2D eigenvalue weighted by molar-refractivity contribution is -0.128. The maximum Gasteiger partial charge on any atom is 0.223 e. The third-order valence-electron chi connectivity index (χ3n) is 5.11. The molecule has 1 amide bonds. The highest BCUT2D eigenvalue weighted by atomic mass is 35.5. The van der Waals surface area contributed by atoms with Gasteiger partial charge in [-0.15, -0.1) is 12.4 Å². The molecule has 112 valence electrons. The average molecular weight is 289 g/mol. The van der Waals surface area contributed by atoms with Crippen LogP contribution in [0.3, 0.4) is 0 Å². The number of hydrogen-bond acceptors (Lipinski definition) is 2. The van der Waals surface area contributed by atoms with Crippen LogP contribution in [0.2, 0.25) is 0 Å². The summed E-state index contributed by atoms with van der Waals surface area (Å²) in [5, 5.41) is 3.24. The number of nitrogens with two attached hydrogens (primary N) is 1. The smallest absolute Gasteiger partial charge is 0.223 e. The maximum atomic E-state index is 12.3. The fraction of sp³-hybridized carbons (Fsp3) is 0.933. The van der Waals surface area contributed by atoms with Gasteiger partial charge in [0.2, 0.25) is 5.91 Å². The van der Waals surface area contributed by atoms with E-state index in [4.69, 9.17) is 5.73 Å². The van der Waals surface area contributed by atoms with Gasteiger partial charge in [-0.2, -0.15) is 0 Å². The Labute approximate surface area is 123 Å². The molecular formula is C15H29ClN2O. The first kappa shape index (κ1) is 16.8. The molecule has 3 N–H and O–H groups in total. The summed E-state index contributed by atoms with van der Waals surface area (Å²) in [5.41, 5.74) is 5.70. The molecule has 2 aliphatic rings. The highest BCUT2D eigenvalue weighted by Crippen LogP contribution is 2.39. The Hall–Kier alpha value is -0.280. The second-order valence-electron chi connectivity index (χ2n) is 6.51. The van der Waals surface area contributed by atoms with Crippen molar-refractivity contribution >= 4 is 18.3 Å². The number of rotatable bonds is 5. The molecule has 0 saturated heterocycles. The van der Waals surface area contributed by atoms with E-state index in [1.807, 2.05) is 0 Å². The third kappa shape index (κ3) is 4.09. The van der Waals surface area contributed by atoms with Gasteiger partial charge < -0.3 is 11.1 Å². The monoisotopic (exact) mass is 288 g/mol. The van der Waals surface area contributed by atoms with Crippen molar-refractivity contribution in [2.24, 2.45) is 23.5 Å². The quantitative estimate of drug-likeness (QED) is 0.817. The number of halogens is 1. The summed E-state index contributed by atoms with van der Waals surface area (Å²) in [5.74, 6) is 1.94. The molecule has 3 nitrogen and oxygen atoms in total. The van der Waals surface area contributed by atoms with Gasteiger partial charge in [-0.3, -0.25) is 4.79 Å². The molecule has 1 unspecified atom stereocenters. The molecule has 0 spiro atoms. The number of carbonyl (C=O) groups is 1. The van der Waals surface area contributed by atoms with Gasteiger partial charge >= 0.3 is 0 Å². The Bertz CT molecular complexity index is 299. The number of hydrogen-bond donors (Lipinski definition) is 2. The highest BCUT2D eigenvalue weighted by molar-refractivity contribution is 5.85. The molecule has 0 radical (unpaired) electrons. The minimum absolute atomic E-state index is 0. The lowest BCUT2D eigenvalue weighted by Gasteiger charge is -2.33. The molecule has 1 atom stereocenters.